The summed E-state index contributed by atoms with van der Waals surface area (Å²) in [6, 6.07) is 2.01. The maximum Gasteiger partial charge on any atom is 0.254 e. The van der Waals surface area contributed by atoms with E-state index in [0.717, 1.165) is 42.2 Å². The maximum absolute atomic E-state index is 12.6. The zero-order valence-electron chi connectivity index (χ0n) is 12.7. The number of amides is 1. The molecule has 1 saturated heterocycles. The molecule has 0 unspecified atom stereocenters. The van der Waals surface area contributed by atoms with Crippen LogP contribution in [-0.2, 0) is 7.05 Å². The van der Waals surface area contributed by atoms with Crippen LogP contribution in [0.1, 0.15) is 44.7 Å². The smallest absolute Gasteiger partial charge is 0.254 e. The SMILES string of the molecule is Cc1cc(C(=O)N2CCC(c3nncn3C)CC2)c(C)s1. The fraction of sp³-hybridized carbons (Fsp3) is 0.533. The Hall–Kier alpha value is -1.69. The third-order valence-electron chi connectivity index (χ3n) is 4.17. The molecule has 3 rings (SSSR count). The van der Waals surface area contributed by atoms with Crippen LogP contribution in [0.5, 0.6) is 0 Å². The summed E-state index contributed by atoms with van der Waals surface area (Å²) in [5, 5.41) is 8.14. The number of likely N-dealkylation sites (tertiary alicyclic amines) is 1. The van der Waals surface area contributed by atoms with Gasteiger partial charge in [-0.25, -0.2) is 0 Å². The third kappa shape index (κ3) is 2.72. The predicted molar refractivity (Wildman–Crippen MR) is 82.7 cm³/mol. The van der Waals surface area contributed by atoms with Crippen LogP contribution in [0.15, 0.2) is 12.4 Å². The van der Waals surface area contributed by atoms with E-state index in [4.69, 9.17) is 0 Å². The van der Waals surface area contributed by atoms with E-state index in [2.05, 4.69) is 17.1 Å². The summed E-state index contributed by atoms with van der Waals surface area (Å²) in [4.78, 5) is 16.9. The summed E-state index contributed by atoms with van der Waals surface area (Å²) in [6.45, 7) is 5.67. The van der Waals surface area contributed by atoms with Crippen molar-refractivity contribution in [2.45, 2.75) is 32.6 Å². The number of aromatic nitrogens is 3. The molecule has 1 amide bonds. The zero-order chi connectivity index (χ0) is 15.0. The largest absolute Gasteiger partial charge is 0.339 e. The molecule has 2 aromatic heterocycles. The molecular weight excluding hydrogens is 284 g/mol. The van der Waals surface area contributed by atoms with E-state index in [9.17, 15) is 4.79 Å². The molecule has 1 aliphatic heterocycles. The van der Waals surface area contributed by atoms with E-state index in [1.165, 1.54) is 4.88 Å². The van der Waals surface area contributed by atoms with Crippen molar-refractivity contribution in [3.8, 4) is 0 Å². The van der Waals surface area contributed by atoms with Crippen LogP contribution in [0, 0.1) is 13.8 Å². The minimum Gasteiger partial charge on any atom is -0.339 e. The van der Waals surface area contributed by atoms with Gasteiger partial charge in [-0.05, 0) is 32.8 Å². The molecule has 0 N–H and O–H groups in total. The second-order valence-corrected chi connectivity index (χ2v) is 7.15. The van der Waals surface area contributed by atoms with Gasteiger partial charge in [0.25, 0.3) is 5.91 Å². The highest BCUT2D eigenvalue weighted by atomic mass is 32.1. The van der Waals surface area contributed by atoms with Gasteiger partial charge in [0.05, 0.1) is 5.56 Å². The monoisotopic (exact) mass is 304 g/mol. The Balaban J connectivity index is 1.67. The molecule has 0 atom stereocenters. The Kier molecular flexibility index (Phi) is 3.80. The number of carbonyl (C=O) groups is 1. The molecule has 1 aliphatic rings. The van der Waals surface area contributed by atoms with Gasteiger partial charge in [0, 0.05) is 35.8 Å². The quantitative estimate of drug-likeness (QED) is 0.856. The molecule has 112 valence electrons. The molecule has 6 heteroatoms. The van der Waals surface area contributed by atoms with Crippen molar-refractivity contribution in [1.82, 2.24) is 19.7 Å². The van der Waals surface area contributed by atoms with Crippen LogP contribution in [0.25, 0.3) is 0 Å². The molecule has 2 aromatic rings. The van der Waals surface area contributed by atoms with E-state index in [0.29, 0.717) is 5.92 Å². The number of hydrogen-bond donors (Lipinski definition) is 0. The number of hydrogen-bond acceptors (Lipinski definition) is 4. The van der Waals surface area contributed by atoms with E-state index in [1.807, 2.05) is 29.5 Å². The minimum atomic E-state index is 0.174. The Morgan fingerprint density at radius 1 is 1.33 bits per heavy atom. The van der Waals surface area contributed by atoms with Crippen LogP contribution in [0.4, 0.5) is 0 Å². The van der Waals surface area contributed by atoms with Gasteiger partial charge in [0.2, 0.25) is 0 Å². The third-order valence-corrected chi connectivity index (χ3v) is 5.13. The summed E-state index contributed by atoms with van der Waals surface area (Å²) < 4.78 is 1.98. The topological polar surface area (TPSA) is 51.0 Å². The van der Waals surface area contributed by atoms with Crippen LogP contribution in [0.3, 0.4) is 0 Å². The first kappa shape index (κ1) is 14.3. The summed E-state index contributed by atoms with van der Waals surface area (Å²) in [5.41, 5.74) is 0.870. The van der Waals surface area contributed by atoms with Crippen molar-refractivity contribution < 1.29 is 4.79 Å². The van der Waals surface area contributed by atoms with Crippen LogP contribution in [-0.4, -0.2) is 38.7 Å². The Morgan fingerprint density at radius 3 is 2.57 bits per heavy atom. The standard InChI is InChI=1S/C15H20N4OS/c1-10-8-13(11(2)21-10)15(20)19-6-4-12(5-7-19)14-17-16-9-18(14)3/h8-9,12H,4-7H2,1-3H3. The van der Waals surface area contributed by atoms with Gasteiger partial charge in [-0.3, -0.25) is 4.79 Å². The van der Waals surface area contributed by atoms with Gasteiger partial charge in [0.1, 0.15) is 12.2 Å². The lowest BCUT2D eigenvalue weighted by atomic mass is 9.95. The summed E-state index contributed by atoms with van der Waals surface area (Å²) in [5.74, 6) is 1.62. The fourth-order valence-electron chi connectivity index (χ4n) is 3.02. The molecular formula is C15H20N4OS. The second-order valence-electron chi connectivity index (χ2n) is 5.69. The number of nitrogens with zero attached hydrogens (tertiary/aromatic N) is 4. The lowest BCUT2D eigenvalue weighted by Crippen LogP contribution is -2.38. The van der Waals surface area contributed by atoms with Gasteiger partial charge in [-0.2, -0.15) is 0 Å². The summed E-state index contributed by atoms with van der Waals surface area (Å²) in [6.07, 6.45) is 3.66. The number of aryl methyl sites for hydroxylation is 3. The van der Waals surface area contributed by atoms with E-state index >= 15 is 0 Å². The van der Waals surface area contributed by atoms with Gasteiger partial charge >= 0.3 is 0 Å². The van der Waals surface area contributed by atoms with E-state index < -0.39 is 0 Å². The Morgan fingerprint density at radius 2 is 2.05 bits per heavy atom. The predicted octanol–water partition coefficient (Wildman–Crippen LogP) is 2.51. The first-order chi connectivity index (χ1) is 10.1. The molecule has 0 aromatic carbocycles. The molecule has 1 fully saturated rings. The minimum absolute atomic E-state index is 0.174. The van der Waals surface area contributed by atoms with Crippen LogP contribution >= 0.6 is 11.3 Å². The molecule has 21 heavy (non-hydrogen) atoms. The normalized spacial score (nSPS) is 16.4. The second kappa shape index (κ2) is 5.60. The van der Waals surface area contributed by atoms with Crippen molar-refractivity contribution in [1.29, 1.82) is 0 Å². The number of piperidine rings is 1. The molecule has 0 spiro atoms. The molecule has 0 aliphatic carbocycles. The average Bonchev–Trinajstić information content (AvgIpc) is 3.04. The lowest BCUT2D eigenvalue weighted by Gasteiger charge is -2.31. The average molecular weight is 304 g/mol. The van der Waals surface area contributed by atoms with Gasteiger partial charge in [0.15, 0.2) is 0 Å². The first-order valence-electron chi connectivity index (χ1n) is 7.26. The number of rotatable bonds is 2. The van der Waals surface area contributed by atoms with E-state index in [-0.39, 0.29) is 5.91 Å². The van der Waals surface area contributed by atoms with Gasteiger partial charge in [-0.15, -0.1) is 21.5 Å². The van der Waals surface area contributed by atoms with Crippen molar-refractivity contribution >= 4 is 17.2 Å². The zero-order valence-corrected chi connectivity index (χ0v) is 13.5. The lowest BCUT2D eigenvalue weighted by molar-refractivity contribution is 0.0710. The van der Waals surface area contributed by atoms with Crippen molar-refractivity contribution in [2.75, 3.05) is 13.1 Å². The van der Waals surface area contributed by atoms with Crippen molar-refractivity contribution in [3.63, 3.8) is 0 Å². The highest BCUT2D eigenvalue weighted by Gasteiger charge is 2.27. The Labute approximate surface area is 128 Å². The first-order valence-corrected chi connectivity index (χ1v) is 8.08. The van der Waals surface area contributed by atoms with Crippen LogP contribution < -0.4 is 0 Å². The summed E-state index contributed by atoms with van der Waals surface area (Å²) in [7, 11) is 1.98. The highest BCUT2D eigenvalue weighted by Crippen LogP contribution is 2.28. The molecule has 0 radical (unpaired) electrons. The fourth-order valence-corrected chi connectivity index (χ4v) is 3.93. The summed E-state index contributed by atoms with van der Waals surface area (Å²) >= 11 is 1.69. The molecule has 3 heterocycles. The van der Waals surface area contributed by atoms with Crippen LogP contribution in [0.2, 0.25) is 0 Å². The molecule has 0 saturated carbocycles. The van der Waals surface area contributed by atoms with Crippen molar-refractivity contribution in [2.24, 2.45) is 7.05 Å². The highest BCUT2D eigenvalue weighted by molar-refractivity contribution is 7.12. The number of thiophene rings is 1. The van der Waals surface area contributed by atoms with Crippen molar-refractivity contribution in [3.05, 3.63) is 33.5 Å². The maximum atomic E-state index is 12.6. The van der Waals surface area contributed by atoms with E-state index in [1.54, 1.807) is 17.7 Å². The number of carbonyl (C=O) groups excluding carboxylic acids is 1. The Bertz CT molecular complexity index is 652. The molecule has 0 bridgehead atoms. The van der Waals surface area contributed by atoms with Gasteiger partial charge in [-0.1, -0.05) is 0 Å². The molecule has 5 nitrogen and oxygen atoms in total. The van der Waals surface area contributed by atoms with Gasteiger partial charge < -0.3 is 9.47 Å².